The molecule has 2 aromatic carbocycles. The van der Waals surface area contributed by atoms with Gasteiger partial charge in [-0.3, -0.25) is 15.0 Å². The third-order valence-corrected chi connectivity index (χ3v) is 4.91. The first-order valence-electron chi connectivity index (χ1n) is 9.43. The third-order valence-electron chi connectivity index (χ3n) is 4.91. The predicted octanol–water partition coefficient (Wildman–Crippen LogP) is 2.84. The summed E-state index contributed by atoms with van der Waals surface area (Å²) in [5.74, 6) is -0.187. The van der Waals surface area contributed by atoms with Crippen LogP contribution in [0.4, 0.5) is 10.3 Å². The second kappa shape index (κ2) is 7.80. The van der Waals surface area contributed by atoms with Crippen LogP contribution in [0.1, 0.15) is 24.8 Å². The van der Waals surface area contributed by atoms with E-state index >= 15 is 0 Å². The number of amides is 1. The Bertz CT molecular complexity index is 1070. The summed E-state index contributed by atoms with van der Waals surface area (Å²) in [5.41, 5.74) is 3.75. The van der Waals surface area contributed by atoms with E-state index in [0.717, 1.165) is 31.5 Å². The fraction of sp³-hybridized carbons (Fsp3) is 0.286. The first-order valence-corrected chi connectivity index (χ1v) is 9.43. The van der Waals surface area contributed by atoms with Crippen molar-refractivity contribution >= 4 is 22.8 Å². The minimum atomic E-state index is -0.329. The summed E-state index contributed by atoms with van der Waals surface area (Å²) < 4.78 is 14.6. The summed E-state index contributed by atoms with van der Waals surface area (Å²) >= 11 is 0. The number of nitrogens with one attached hydrogen (secondary N) is 1. The van der Waals surface area contributed by atoms with Crippen LogP contribution in [0.3, 0.4) is 0 Å². The van der Waals surface area contributed by atoms with Crippen LogP contribution in [0.25, 0.3) is 10.9 Å². The van der Waals surface area contributed by atoms with Crippen LogP contribution in [-0.4, -0.2) is 28.7 Å². The molecule has 1 aliphatic heterocycles. The van der Waals surface area contributed by atoms with Crippen LogP contribution in [0.15, 0.2) is 53.3 Å². The topological polar surface area (TPSA) is 67.2 Å². The number of carbonyl (C=O) groups excluding carboxylic acids is 1. The smallest absolute Gasteiger partial charge is 0.281 e. The van der Waals surface area contributed by atoms with Gasteiger partial charge in [0.15, 0.2) is 0 Å². The molecule has 0 aliphatic carbocycles. The Hall–Kier alpha value is -3.22. The summed E-state index contributed by atoms with van der Waals surface area (Å²) in [7, 11) is 0. The van der Waals surface area contributed by atoms with Crippen molar-refractivity contribution in [1.82, 2.24) is 9.66 Å². The summed E-state index contributed by atoms with van der Waals surface area (Å²) in [4.78, 5) is 32.1. The van der Waals surface area contributed by atoms with Gasteiger partial charge >= 0.3 is 0 Å². The van der Waals surface area contributed by atoms with Gasteiger partial charge < -0.3 is 4.90 Å². The summed E-state index contributed by atoms with van der Waals surface area (Å²) in [5, 5.41) is 0.455. The van der Waals surface area contributed by atoms with E-state index in [9.17, 15) is 14.0 Å². The number of aromatic nitrogens is 2. The number of para-hydroxylation sites is 1. The van der Waals surface area contributed by atoms with Crippen LogP contribution in [0, 0.1) is 5.82 Å². The van der Waals surface area contributed by atoms with Crippen LogP contribution in [0.2, 0.25) is 0 Å². The van der Waals surface area contributed by atoms with Gasteiger partial charge in [-0.1, -0.05) is 24.3 Å². The van der Waals surface area contributed by atoms with E-state index in [1.54, 1.807) is 30.3 Å². The Balaban J connectivity index is 1.61. The maximum absolute atomic E-state index is 13.3. The fourth-order valence-electron chi connectivity index (χ4n) is 3.48. The van der Waals surface area contributed by atoms with Gasteiger partial charge in [0.1, 0.15) is 5.82 Å². The SMILES string of the molecule is O=C(CCc1cccc(F)c1)Nn1c(N2CCCC2)nc2ccccc2c1=O. The molecule has 0 bridgehead atoms. The van der Waals surface area contributed by atoms with Gasteiger partial charge in [-0.15, -0.1) is 0 Å². The Morgan fingerprint density at radius 3 is 2.68 bits per heavy atom. The van der Waals surface area contributed by atoms with Gasteiger partial charge in [-0.25, -0.2) is 9.37 Å². The monoisotopic (exact) mass is 380 g/mol. The standard InChI is InChI=1S/C21H21FN4O2/c22-16-7-5-6-15(14-16)10-11-19(27)24-26-20(28)17-8-1-2-9-18(17)23-21(26)25-12-3-4-13-25/h1-2,5-9,14H,3-4,10-13H2,(H,24,27). The molecule has 0 atom stereocenters. The minimum absolute atomic E-state index is 0.141. The number of carbonyl (C=O) groups is 1. The van der Waals surface area contributed by atoms with Gasteiger partial charge in [0.25, 0.3) is 5.56 Å². The van der Waals surface area contributed by atoms with E-state index in [-0.39, 0.29) is 23.7 Å². The van der Waals surface area contributed by atoms with Crippen molar-refractivity contribution in [3.8, 4) is 0 Å². The number of hydrogen-bond donors (Lipinski definition) is 1. The van der Waals surface area contributed by atoms with Crippen molar-refractivity contribution in [2.45, 2.75) is 25.7 Å². The number of hydrogen-bond acceptors (Lipinski definition) is 4. The van der Waals surface area contributed by atoms with Gasteiger partial charge in [-0.2, -0.15) is 4.68 Å². The lowest BCUT2D eigenvalue weighted by molar-refractivity contribution is -0.117. The van der Waals surface area contributed by atoms with Crippen LogP contribution in [0.5, 0.6) is 0 Å². The van der Waals surface area contributed by atoms with E-state index in [1.165, 1.54) is 16.8 Å². The van der Waals surface area contributed by atoms with Crippen molar-refractivity contribution in [2.24, 2.45) is 0 Å². The van der Waals surface area contributed by atoms with Crippen molar-refractivity contribution in [1.29, 1.82) is 0 Å². The van der Waals surface area contributed by atoms with E-state index in [4.69, 9.17) is 0 Å². The lowest BCUT2D eigenvalue weighted by Gasteiger charge is -2.22. The molecule has 0 spiro atoms. The Kier molecular flexibility index (Phi) is 5.06. The molecule has 2 heterocycles. The third kappa shape index (κ3) is 3.74. The van der Waals surface area contributed by atoms with E-state index < -0.39 is 0 Å². The second-order valence-corrected chi connectivity index (χ2v) is 6.93. The average Bonchev–Trinajstić information content (AvgIpc) is 3.23. The van der Waals surface area contributed by atoms with Crippen LogP contribution in [-0.2, 0) is 11.2 Å². The number of halogens is 1. The van der Waals surface area contributed by atoms with Gasteiger partial charge in [0.2, 0.25) is 11.9 Å². The van der Waals surface area contributed by atoms with Gasteiger partial charge in [0, 0.05) is 19.5 Å². The highest BCUT2D eigenvalue weighted by Gasteiger charge is 2.21. The first kappa shape index (κ1) is 18.2. The van der Waals surface area contributed by atoms with Gasteiger partial charge in [-0.05, 0) is 49.1 Å². The van der Waals surface area contributed by atoms with Gasteiger partial charge in [0.05, 0.1) is 10.9 Å². The fourth-order valence-corrected chi connectivity index (χ4v) is 3.48. The highest BCUT2D eigenvalue weighted by Crippen LogP contribution is 2.19. The highest BCUT2D eigenvalue weighted by atomic mass is 19.1. The molecule has 0 radical (unpaired) electrons. The maximum Gasteiger partial charge on any atom is 0.281 e. The molecule has 1 saturated heterocycles. The molecular weight excluding hydrogens is 359 g/mol. The second-order valence-electron chi connectivity index (χ2n) is 6.93. The minimum Gasteiger partial charge on any atom is -0.341 e. The van der Waals surface area contributed by atoms with E-state index in [2.05, 4.69) is 10.4 Å². The van der Waals surface area contributed by atoms with Crippen molar-refractivity contribution in [3.63, 3.8) is 0 Å². The molecule has 144 valence electrons. The number of nitrogens with zero attached hydrogens (tertiary/aromatic N) is 3. The molecule has 0 unspecified atom stereocenters. The van der Waals surface area contributed by atoms with Crippen molar-refractivity contribution in [3.05, 3.63) is 70.3 Å². The molecule has 6 nitrogen and oxygen atoms in total. The molecule has 3 aromatic rings. The molecule has 1 aromatic heterocycles. The maximum atomic E-state index is 13.3. The first-order chi connectivity index (χ1) is 13.6. The van der Waals surface area contributed by atoms with Crippen molar-refractivity contribution < 1.29 is 9.18 Å². The zero-order valence-electron chi connectivity index (χ0n) is 15.4. The zero-order valence-corrected chi connectivity index (χ0v) is 15.4. The number of anilines is 1. The molecular formula is C21H21FN4O2. The molecule has 1 amide bonds. The molecule has 0 saturated carbocycles. The number of benzene rings is 2. The summed E-state index contributed by atoms with van der Waals surface area (Å²) in [6.45, 7) is 1.59. The Labute approximate surface area is 161 Å². The summed E-state index contributed by atoms with van der Waals surface area (Å²) in [6, 6.07) is 13.3. The van der Waals surface area contributed by atoms with E-state index in [0.29, 0.717) is 23.3 Å². The molecule has 4 rings (SSSR count). The lowest BCUT2D eigenvalue weighted by Crippen LogP contribution is -2.38. The quantitative estimate of drug-likeness (QED) is 0.739. The summed E-state index contributed by atoms with van der Waals surface area (Å²) in [6.07, 6.45) is 2.58. The molecule has 1 fully saturated rings. The Morgan fingerprint density at radius 2 is 1.89 bits per heavy atom. The van der Waals surface area contributed by atoms with Crippen molar-refractivity contribution in [2.75, 3.05) is 23.4 Å². The number of aryl methyl sites for hydroxylation is 1. The Morgan fingerprint density at radius 1 is 1.11 bits per heavy atom. The van der Waals surface area contributed by atoms with Crippen LogP contribution < -0.4 is 15.9 Å². The van der Waals surface area contributed by atoms with E-state index in [1.807, 2.05) is 11.0 Å². The zero-order chi connectivity index (χ0) is 19.5. The van der Waals surface area contributed by atoms with Crippen LogP contribution >= 0.6 is 0 Å². The number of rotatable bonds is 5. The molecule has 1 N–H and O–H groups in total. The average molecular weight is 380 g/mol. The normalized spacial score (nSPS) is 13.8. The molecule has 28 heavy (non-hydrogen) atoms. The predicted molar refractivity (Wildman–Crippen MR) is 107 cm³/mol. The lowest BCUT2D eigenvalue weighted by atomic mass is 10.1. The largest absolute Gasteiger partial charge is 0.341 e. The molecule has 7 heteroatoms. The highest BCUT2D eigenvalue weighted by molar-refractivity contribution is 5.85. The number of fused-ring (bicyclic) bond motifs is 1. The molecule has 1 aliphatic rings.